The van der Waals surface area contributed by atoms with Crippen LogP contribution in [0.15, 0.2) is 12.3 Å². The fourth-order valence-electron chi connectivity index (χ4n) is 1.31. The lowest BCUT2D eigenvalue weighted by atomic mass is 10.2. The van der Waals surface area contributed by atoms with Crippen molar-refractivity contribution in [1.82, 2.24) is 4.98 Å². The largest absolute Gasteiger partial charge is 0.299 e. The minimum absolute atomic E-state index is 0.254. The highest BCUT2D eigenvalue weighted by Gasteiger charge is 2.18. The molecule has 1 heterocycles. The van der Waals surface area contributed by atoms with Crippen LogP contribution in [0, 0.1) is 0 Å². The Morgan fingerprint density at radius 2 is 2.09 bits per heavy atom. The number of hydrogen-bond acceptors (Lipinski definition) is 2. The lowest BCUT2D eigenvalue weighted by Crippen LogP contribution is -1.92. The van der Waals surface area contributed by atoms with Crippen molar-refractivity contribution < 1.29 is 4.79 Å². The summed E-state index contributed by atoms with van der Waals surface area (Å²) in [4.78, 5) is 14.8. The normalized spacial score (nSPS) is 15.2. The second-order valence-electron chi connectivity index (χ2n) is 2.67. The zero-order valence-electron chi connectivity index (χ0n) is 5.80. The van der Waals surface area contributed by atoms with Crippen molar-refractivity contribution >= 4 is 17.4 Å². The summed E-state index contributed by atoms with van der Waals surface area (Å²) in [5, 5.41) is 0.471. The van der Waals surface area contributed by atoms with E-state index in [1.165, 1.54) is 0 Å². The van der Waals surface area contributed by atoms with E-state index in [0.29, 0.717) is 18.0 Å². The van der Waals surface area contributed by atoms with Crippen molar-refractivity contribution in [1.29, 1.82) is 0 Å². The molecule has 1 aromatic heterocycles. The summed E-state index contributed by atoms with van der Waals surface area (Å²) >= 11 is 5.65. The predicted octanol–water partition coefficient (Wildman–Crippen LogP) is 1.40. The molecule has 2 rings (SSSR count). The van der Waals surface area contributed by atoms with Gasteiger partial charge >= 0.3 is 0 Å². The highest BCUT2D eigenvalue weighted by atomic mass is 35.5. The van der Waals surface area contributed by atoms with Gasteiger partial charge in [0.25, 0.3) is 0 Å². The van der Waals surface area contributed by atoms with Crippen LogP contribution < -0.4 is 0 Å². The molecule has 0 unspecified atom stereocenters. The van der Waals surface area contributed by atoms with Crippen molar-refractivity contribution in [2.75, 3.05) is 0 Å². The van der Waals surface area contributed by atoms with E-state index < -0.39 is 0 Å². The SMILES string of the molecule is O=C1Cc2cnc(Cl)cc2C1. The minimum Gasteiger partial charge on any atom is -0.299 e. The average Bonchev–Trinajstić information content (AvgIpc) is 2.27. The van der Waals surface area contributed by atoms with Gasteiger partial charge in [0.15, 0.2) is 0 Å². The van der Waals surface area contributed by atoms with E-state index in [-0.39, 0.29) is 5.78 Å². The van der Waals surface area contributed by atoms with Gasteiger partial charge in [-0.05, 0) is 17.2 Å². The molecule has 0 radical (unpaired) electrons. The van der Waals surface area contributed by atoms with Gasteiger partial charge in [0.1, 0.15) is 10.9 Å². The maximum atomic E-state index is 10.9. The van der Waals surface area contributed by atoms with E-state index in [4.69, 9.17) is 11.6 Å². The molecule has 0 aliphatic heterocycles. The molecule has 56 valence electrons. The molecule has 3 heteroatoms. The number of Topliss-reactive ketones (excluding diaryl/α,β-unsaturated/α-hetero) is 1. The van der Waals surface area contributed by atoms with Crippen LogP contribution in [0.5, 0.6) is 0 Å². The van der Waals surface area contributed by atoms with Gasteiger partial charge in [-0.1, -0.05) is 11.6 Å². The first-order valence-corrected chi connectivity index (χ1v) is 3.78. The van der Waals surface area contributed by atoms with Gasteiger partial charge < -0.3 is 0 Å². The van der Waals surface area contributed by atoms with Crippen LogP contribution in [0.1, 0.15) is 11.1 Å². The van der Waals surface area contributed by atoms with E-state index >= 15 is 0 Å². The first-order valence-electron chi connectivity index (χ1n) is 3.41. The van der Waals surface area contributed by atoms with Gasteiger partial charge in [-0.15, -0.1) is 0 Å². The monoisotopic (exact) mass is 167 g/mol. The molecule has 0 atom stereocenters. The van der Waals surface area contributed by atoms with E-state index in [0.717, 1.165) is 11.1 Å². The summed E-state index contributed by atoms with van der Waals surface area (Å²) < 4.78 is 0. The van der Waals surface area contributed by atoms with Crippen LogP contribution in [0.3, 0.4) is 0 Å². The molecule has 0 saturated carbocycles. The van der Waals surface area contributed by atoms with Gasteiger partial charge in [0.2, 0.25) is 0 Å². The van der Waals surface area contributed by atoms with Crippen LogP contribution in [0.2, 0.25) is 5.15 Å². The molecular formula is C8H6ClNO. The van der Waals surface area contributed by atoms with Crippen molar-refractivity contribution in [2.24, 2.45) is 0 Å². The van der Waals surface area contributed by atoms with E-state index in [2.05, 4.69) is 4.98 Å². The molecule has 0 N–H and O–H groups in total. The fraction of sp³-hybridized carbons (Fsp3) is 0.250. The molecule has 0 spiro atoms. The zero-order valence-corrected chi connectivity index (χ0v) is 6.56. The smallest absolute Gasteiger partial charge is 0.141 e. The molecule has 0 aromatic carbocycles. The molecule has 1 aliphatic rings. The second-order valence-corrected chi connectivity index (χ2v) is 3.06. The first kappa shape index (κ1) is 6.80. The zero-order chi connectivity index (χ0) is 7.84. The standard InChI is InChI=1S/C8H6ClNO/c9-8-3-5-1-7(11)2-6(5)4-10-8/h3-4H,1-2H2. The molecule has 1 aliphatic carbocycles. The van der Waals surface area contributed by atoms with Crippen molar-refractivity contribution in [3.05, 3.63) is 28.5 Å². The van der Waals surface area contributed by atoms with Gasteiger partial charge in [0, 0.05) is 19.0 Å². The van der Waals surface area contributed by atoms with Gasteiger partial charge in [-0.25, -0.2) is 4.98 Å². The molecule has 11 heavy (non-hydrogen) atoms. The van der Waals surface area contributed by atoms with Crippen LogP contribution in [0.25, 0.3) is 0 Å². The Morgan fingerprint density at radius 1 is 1.36 bits per heavy atom. The summed E-state index contributed by atoms with van der Waals surface area (Å²) in [6.45, 7) is 0. The lowest BCUT2D eigenvalue weighted by Gasteiger charge is -1.94. The van der Waals surface area contributed by atoms with Gasteiger partial charge in [-0.2, -0.15) is 0 Å². The summed E-state index contributed by atoms with van der Waals surface area (Å²) in [7, 11) is 0. The average molecular weight is 168 g/mol. The maximum Gasteiger partial charge on any atom is 0.141 e. The Hall–Kier alpha value is -0.890. The number of halogens is 1. The maximum absolute atomic E-state index is 10.9. The summed E-state index contributed by atoms with van der Waals surface area (Å²) in [5.74, 6) is 0.254. The van der Waals surface area contributed by atoms with Gasteiger partial charge in [0.05, 0.1) is 0 Å². The quantitative estimate of drug-likeness (QED) is 0.547. The van der Waals surface area contributed by atoms with E-state index in [1.807, 2.05) is 0 Å². The predicted molar refractivity (Wildman–Crippen MR) is 41.7 cm³/mol. The molecule has 0 bridgehead atoms. The van der Waals surface area contributed by atoms with Crippen molar-refractivity contribution in [3.8, 4) is 0 Å². The third-order valence-corrected chi connectivity index (χ3v) is 2.03. The van der Waals surface area contributed by atoms with Crippen molar-refractivity contribution in [2.45, 2.75) is 12.8 Å². The minimum atomic E-state index is 0.254. The lowest BCUT2D eigenvalue weighted by molar-refractivity contribution is -0.117. The number of carbonyl (C=O) groups is 1. The topological polar surface area (TPSA) is 30.0 Å². The summed E-state index contributed by atoms with van der Waals surface area (Å²) in [5.41, 5.74) is 2.06. The third-order valence-electron chi connectivity index (χ3n) is 1.82. The molecule has 0 saturated heterocycles. The number of rotatable bonds is 0. The summed E-state index contributed by atoms with van der Waals surface area (Å²) in [6.07, 6.45) is 2.74. The van der Waals surface area contributed by atoms with E-state index in [9.17, 15) is 4.79 Å². The third kappa shape index (κ3) is 1.14. The molecular weight excluding hydrogens is 162 g/mol. The number of ketones is 1. The Labute approximate surface area is 69.2 Å². The van der Waals surface area contributed by atoms with Crippen LogP contribution in [-0.2, 0) is 17.6 Å². The summed E-state index contributed by atoms with van der Waals surface area (Å²) in [6, 6.07) is 1.77. The number of hydrogen-bond donors (Lipinski definition) is 0. The van der Waals surface area contributed by atoms with Crippen LogP contribution >= 0.6 is 11.6 Å². The van der Waals surface area contributed by atoms with Crippen LogP contribution in [-0.4, -0.2) is 10.8 Å². The van der Waals surface area contributed by atoms with E-state index in [1.54, 1.807) is 12.3 Å². The Kier molecular flexibility index (Phi) is 1.43. The highest BCUT2D eigenvalue weighted by molar-refractivity contribution is 6.29. The first-order chi connectivity index (χ1) is 5.25. The second kappa shape index (κ2) is 2.31. The molecule has 2 nitrogen and oxygen atoms in total. The number of fused-ring (bicyclic) bond motifs is 1. The number of nitrogens with zero attached hydrogens (tertiary/aromatic N) is 1. The number of pyridine rings is 1. The number of aromatic nitrogens is 1. The Morgan fingerprint density at radius 3 is 2.91 bits per heavy atom. The molecule has 1 aromatic rings. The van der Waals surface area contributed by atoms with Crippen LogP contribution in [0.4, 0.5) is 0 Å². The number of carbonyl (C=O) groups excluding carboxylic acids is 1. The molecule has 0 fully saturated rings. The Balaban J connectivity index is 2.51. The molecule has 0 amide bonds. The van der Waals surface area contributed by atoms with Crippen molar-refractivity contribution in [3.63, 3.8) is 0 Å². The fourth-order valence-corrected chi connectivity index (χ4v) is 1.49. The Bertz CT molecular complexity index is 322. The highest BCUT2D eigenvalue weighted by Crippen LogP contribution is 2.20. The van der Waals surface area contributed by atoms with Gasteiger partial charge in [-0.3, -0.25) is 4.79 Å².